The van der Waals surface area contributed by atoms with E-state index < -0.39 is 17.7 Å². The van der Waals surface area contributed by atoms with Crippen LogP contribution in [0.1, 0.15) is 22.7 Å². The molecule has 0 fully saturated rings. The summed E-state index contributed by atoms with van der Waals surface area (Å²) in [5.41, 5.74) is 7.15. The molecule has 0 aliphatic carbocycles. The van der Waals surface area contributed by atoms with Crippen LogP contribution >= 0.6 is 15.9 Å². The summed E-state index contributed by atoms with van der Waals surface area (Å²) in [6, 6.07) is 8.88. The molecule has 0 aliphatic heterocycles. The maximum Gasteiger partial charge on any atom is 0.128 e. The Balaban J connectivity index is 2.50. The summed E-state index contributed by atoms with van der Waals surface area (Å²) in [5.74, 6) is -0.939. The van der Waals surface area contributed by atoms with Gasteiger partial charge in [-0.05, 0) is 36.2 Å². The van der Waals surface area contributed by atoms with E-state index >= 15 is 0 Å². The van der Waals surface area contributed by atoms with Crippen molar-refractivity contribution in [3.63, 3.8) is 0 Å². The number of aryl methyl sites for hydroxylation is 1. The molecule has 2 N–H and O–H groups in total. The third-order valence-electron chi connectivity index (χ3n) is 2.85. The van der Waals surface area contributed by atoms with Crippen molar-refractivity contribution in [1.82, 2.24) is 0 Å². The smallest absolute Gasteiger partial charge is 0.128 e. The van der Waals surface area contributed by atoms with Crippen molar-refractivity contribution in [2.75, 3.05) is 0 Å². The molecular weight excluding hydrogens is 300 g/mol. The first-order chi connectivity index (χ1) is 8.50. The SMILES string of the molecule is Cc1cc(F)c(C(N)c2ccccc2Br)cc1F. The molecule has 4 heteroatoms. The predicted molar refractivity (Wildman–Crippen MR) is 71.3 cm³/mol. The summed E-state index contributed by atoms with van der Waals surface area (Å²) >= 11 is 3.36. The molecule has 0 bridgehead atoms. The van der Waals surface area contributed by atoms with Crippen LogP contribution in [0.25, 0.3) is 0 Å². The first-order valence-electron chi connectivity index (χ1n) is 5.46. The van der Waals surface area contributed by atoms with Gasteiger partial charge in [-0.15, -0.1) is 0 Å². The molecule has 2 aromatic carbocycles. The molecule has 0 radical (unpaired) electrons. The highest BCUT2D eigenvalue weighted by molar-refractivity contribution is 9.10. The molecule has 0 aromatic heterocycles. The molecule has 0 saturated heterocycles. The lowest BCUT2D eigenvalue weighted by atomic mass is 9.98. The number of benzene rings is 2. The summed E-state index contributed by atoms with van der Waals surface area (Å²) in [4.78, 5) is 0. The zero-order valence-corrected chi connectivity index (χ0v) is 11.3. The maximum absolute atomic E-state index is 13.8. The molecule has 18 heavy (non-hydrogen) atoms. The summed E-state index contributed by atoms with van der Waals surface area (Å²) in [7, 11) is 0. The minimum Gasteiger partial charge on any atom is -0.320 e. The van der Waals surface area contributed by atoms with Crippen LogP contribution in [0.15, 0.2) is 40.9 Å². The summed E-state index contributed by atoms with van der Waals surface area (Å²) in [5, 5.41) is 0. The molecule has 2 aromatic rings. The Hall–Kier alpha value is -1.26. The van der Waals surface area contributed by atoms with E-state index in [2.05, 4.69) is 15.9 Å². The van der Waals surface area contributed by atoms with Gasteiger partial charge in [-0.3, -0.25) is 0 Å². The topological polar surface area (TPSA) is 26.0 Å². The van der Waals surface area contributed by atoms with Crippen LogP contribution in [0, 0.1) is 18.6 Å². The second kappa shape index (κ2) is 5.16. The van der Waals surface area contributed by atoms with Gasteiger partial charge < -0.3 is 5.73 Å². The Morgan fingerprint density at radius 2 is 1.72 bits per heavy atom. The van der Waals surface area contributed by atoms with Crippen molar-refractivity contribution in [2.45, 2.75) is 13.0 Å². The van der Waals surface area contributed by atoms with Crippen LogP contribution in [0.2, 0.25) is 0 Å². The molecule has 1 nitrogen and oxygen atoms in total. The molecule has 0 spiro atoms. The Morgan fingerprint density at radius 1 is 1.06 bits per heavy atom. The Labute approximate surface area is 113 Å². The van der Waals surface area contributed by atoms with Gasteiger partial charge in [0.15, 0.2) is 0 Å². The van der Waals surface area contributed by atoms with E-state index in [-0.39, 0.29) is 11.1 Å². The molecular formula is C14H12BrF2N. The first kappa shape index (κ1) is 13.2. The average Bonchev–Trinajstić information content (AvgIpc) is 2.33. The highest BCUT2D eigenvalue weighted by Gasteiger charge is 2.17. The Morgan fingerprint density at radius 3 is 2.39 bits per heavy atom. The molecule has 94 valence electrons. The number of hydrogen-bond acceptors (Lipinski definition) is 1. The van der Waals surface area contributed by atoms with Crippen molar-refractivity contribution in [1.29, 1.82) is 0 Å². The van der Waals surface area contributed by atoms with Gasteiger partial charge in [-0.2, -0.15) is 0 Å². The van der Waals surface area contributed by atoms with Gasteiger partial charge in [0.25, 0.3) is 0 Å². The van der Waals surface area contributed by atoms with E-state index in [1.807, 2.05) is 18.2 Å². The van der Waals surface area contributed by atoms with E-state index in [1.165, 1.54) is 13.0 Å². The molecule has 0 amide bonds. The van der Waals surface area contributed by atoms with Crippen LogP contribution in [-0.2, 0) is 0 Å². The second-order valence-corrected chi connectivity index (χ2v) is 4.98. The largest absolute Gasteiger partial charge is 0.320 e. The van der Waals surface area contributed by atoms with Crippen LogP contribution in [0.3, 0.4) is 0 Å². The van der Waals surface area contributed by atoms with Crippen molar-refractivity contribution < 1.29 is 8.78 Å². The quantitative estimate of drug-likeness (QED) is 0.888. The van der Waals surface area contributed by atoms with E-state index in [0.717, 1.165) is 16.1 Å². The van der Waals surface area contributed by atoms with Crippen LogP contribution in [0.4, 0.5) is 8.78 Å². The predicted octanol–water partition coefficient (Wildman–Crippen LogP) is 4.08. The minimum atomic E-state index is -0.698. The van der Waals surface area contributed by atoms with Gasteiger partial charge in [0.1, 0.15) is 11.6 Å². The van der Waals surface area contributed by atoms with Gasteiger partial charge in [0, 0.05) is 10.0 Å². The van der Waals surface area contributed by atoms with Crippen molar-refractivity contribution in [2.24, 2.45) is 5.73 Å². The number of nitrogens with two attached hydrogens (primary N) is 1. The van der Waals surface area contributed by atoms with E-state index in [0.29, 0.717) is 0 Å². The molecule has 2 rings (SSSR count). The number of rotatable bonds is 2. The van der Waals surface area contributed by atoms with E-state index in [1.54, 1.807) is 6.07 Å². The van der Waals surface area contributed by atoms with Crippen LogP contribution in [0.5, 0.6) is 0 Å². The maximum atomic E-state index is 13.8. The average molecular weight is 312 g/mol. The lowest BCUT2D eigenvalue weighted by Gasteiger charge is -2.15. The molecule has 1 atom stereocenters. The first-order valence-corrected chi connectivity index (χ1v) is 6.25. The van der Waals surface area contributed by atoms with E-state index in [9.17, 15) is 8.78 Å². The summed E-state index contributed by atoms with van der Waals surface area (Å²) in [6.07, 6.45) is 0. The third kappa shape index (κ3) is 2.44. The molecule has 1 unspecified atom stereocenters. The lowest BCUT2D eigenvalue weighted by Crippen LogP contribution is -2.15. The van der Waals surface area contributed by atoms with Crippen LogP contribution in [-0.4, -0.2) is 0 Å². The lowest BCUT2D eigenvalue weighted by molar-refractivity contribution is 0.570. The Kier molecular flexibility index (Phi) is 3.78. The zero-order valence-electron chi connectivity index (χ0n) is 9.75. The molecule has 0 aliphatic rings. The van der Waals surface area contributed by atoms with Crippen molar-refractivity contribution in [3.8, 4) is 0 Å². The Bertz CT molecular complexity index is 584. The fraction of sp³-hybridized carbons (Fsp3) is 0.143. The highest BCUT2D eigenvalue weighted by atomic mass is 79.9. The number of halogens is 3. The van der Waals surface area contributed by atoms with Gasteiger partial charge >= 0.3 is 0 Å². The number of hydrogen-bond donors (Lipinski definition) is 1. The van der Waals surface area contributed by atoms with Gasteiger partial charge in [0.05, 0.1) is 6.04 Å². The fourth-order valence-electron chi connectivity index (χ4n) is 1.79. The zero-order chi connectivity index (χ0) is 13.3. The minimum absolute atomic E-state index is 0.157. The molecule has 0 heterocycles. The summed E-state index contributed by atoms with van der Waals surface area (Å²) < 4.78 is 28.1. The normalized spacial score (nSPS) is 12.5. The van der Waals surface area contributed by atoms with Crippen LogP contribution < -0.4 is 5.73 Å². The third-order valence-corrected chi connectivity index (χ3v) is 3.58. The van der Waals surface area contributed by atoms with Crippen molar-refractivity contribution >= 4 is 15.9 Å². The summed E-state index contributed by atoms with van der Waals surface area (Å²) in [6.45, 7) is 1.52. The van der Waals surface area contributed by atoms with Crippen molar-refractivity contribution in [3.05, 3.63) is 69.2 Å². The monoisotopic (exact) mass is 311 g/mol. The fourth-order valence-corrected chi connectivity index (χ4v) is 2.33. The molecule has 0 saturated carbocycles. The van der Waals surface area contributed by atoms with Gasteiger partial charge in [-0.1, -0.05) is 34.1 Å². The van der Waals surface area contributed by atoms with Gasteiger partial charge in [0.2, 0.25) is 0 Å². The highest BCUT2D eigenvalue weighted by Crippen LogP contribution is 2.29. The van der Waals surface area contributed by atoms with Gasteiger partial charge in [-0.25, -0.2) is 8.78 Å². The standard InChI is InChI=1S/C14H12BrF2N/c1-8-6-13(17)10(7-12(8)16)14(18)9-4-2-3-5-11(9)15/h2-7,14H,18H2,1H3. The second-order valence-electron chi connectivity index (χ2n) is 4.12. The van der Waals surface area contributed by atoms with E-state index in [4.69, 9.17) is 5.73 Å².